The number of aldehydes is 1. The third-order valence-electron chi connectivity index (χ3n) is 1.17. The highest BCUT2D eigenvalue weighted by Crippen LogP contribution is 1.96. The Morgan fingerprint density at radius 2 is 1.73 bits per heavy atom. The minimum absolute atomic E-state index is 0.0573. The summed E-state index contributed by atoms with van der Waals surface area (Å²) in [5.74, 6) is -2.61. The van der Waals surface area contributed by atoms with Gasteiger partial charge in [0.1, 0.15) is 6.29 Å². The summed E-state index contributed by atoms with van der Waals surface area (Å²) in [5, 5.41) is 4.22. The third kappa shape index (κ3) is 1.40. The van der Waals surface area contributed by atoms with E-state index in [4.69, 9.17) is 0 Å². The molecule has 0 spiro atoms. The Hall–Kier alpha value is -1.30. The van der Waals surface area contributed by atoms with Crippen LogP contribution >= 0.6 is 12.2 Å². The lowest BCUT2D eigenvalue weighted by molar-refractivity contribution is -0.137. The minimum atomic E-state index is -1.26. The molecule has 0 atom stereocenters. The van der Waals surface area contributed by atoms with Crippen LogP contribution in [0.25, 0.3) is 0 Å². The molecule has 1 rings (SSSR count). The topological polar surface area (TPSA) is 75.3 Å². The second-order valence-electron chi connectivity index (χ2n) is 1.92. The highest BCUT2D eigenvalue weighted by molar-refractivity contribution is 7.80. The number of thiocarbonyl (C=S) groups is 1. The van der Waals surface area contributed by atoms with Crippen molar-refractivity contribution in [2.24, 2.45) is 5.92 Å². The van der Waals surface area contributed by atoms with Crippen LogP contribution in [0.15, 0.2) is 0 Å². The fourth-order valence-electron chi connectivity index (χ4n) is 0.653. The first-order chi connectivity index (χ1) is 5.15. The van der Waals surface area contributed by atoms with Crippen LogP contribution in [0.4, 0.5) is 0 Å². The lowest BCUT2D eigenvalue weighted by Crippen LogP contribution is -2.56. The van der Waals surface area contributed by atoms with Crippen molar-refractivity contribution in [1.82, 2.24) is 10.6 Å². The number of rotatable bonds is 1. The molecule has 2 amide bonds. The largest absolute Gasteiger partial charge is 0.302 e. The molecule has 0 bridgehead atoms. The second kappa shape index (κ2) is 2.75. The van der Waals surface area contributed by atoms with Gasteiger partial charge in [0.2, 0.25) is 11.8 Å². The Morgan fingerprint density at radius 3 is 2.09 bits per heavy atom. The molecule has 0 radical (unpaired) electrons. The molecule has 0 unspecified atom stereocenters. The molecule has 0 aromatic rings. The number of hydrogen-bond acceptors (Lipinski definition) is 4. The van der Waals surface area contributed by atoms with Crippen molar-refractivity contribution in [3.05, 3.63) is 0 Å². The highest BCUT2D eigenvalue weighted by Gasteiger charge is 2.31. The van der Waals surface area contributed by atoms with E-state index in [9.17, 15) is 14.4 Å². The summed E-state index contributed by atoms with van der Waals surface area (Å²) < 4.78 is 0. The van der Waals surface area contributed by atoms with E-state index >= 15 is 0 Å². The highest BCUT2D eigenvalue weighted by atomic mass is 32.1. The minimum Gasteiger partial charge on any atom is -0.302 e. The number of carbonyl (C=O) groups excluding carboxylic acids is 3. The van der Waals surface area contributed by atoms with Gasteiger partial charge in [0, 0.05) is 0 Å². The summed E-state index contributed by atoms with van der Waals surface area (Å²) >= 11 is 4.48. The summed E-state index contributed by atoms with van der Waals surface area (Å²) in [6, 6.07) is 0. The van der Waals surface area contributed by atoms with Crippen LogP contribution in [0.2, 0.25) is 0 Å². The standard InChI is InChI=1S/C5H4N2O3S/c8-1-2-3(9)6-5(11)7-4(2)10/h1-2H,(H2,6,7,9,10,11). The van der Waals surface area contributed by atoms with Crippen molar-refractivity contribution >= 4 is 35.4 Å². The van der Waals surface area contributed by atoms with Gasteiger partial charge < -0.3 is 15.4 Å². The van der Waals surface area contributed by atoms with E-state index in [0.29, 0.717) is 0 Å². The molecule has 1 aliphatic rings. The van der Waals surface area contributed by atoms with E-state index in [1.165, 1.54) is 0 Å². The normalized spacial score (nSPS) is 19.1. The summed E-state index contributed by atoms with van der Waals surface area (Å²) in [5.41, 5.74) is 0. The Morgan fingerprint density at radius 1 is 1.27 bits per heavy atom. The smallest absolute Gasteiger partial charge is 0.246 e. The Bertz CT molecular complexity index is 230. The zero-order valence-corrected chi connectivity index (χ0v) is 6.10. The van der Waals surface area contributed by atoms with E-state index < -0.39 is 17.7 Å². The molecule has 58 valence electrons. The molecule has 6 heteroatoms. The predicted octanol–water partition coefficient (Wildman–Crippen LogP) is -1.67. The van der Waals surface area contributed by atoms with Gasteiger partial charge in [0.25, 0.3) is 0 Å². The summed E-state index contributed by atoms with van der Waals surface area (Å²) in [6.07, 6.45) is 0.270. The molecular formula is C5H4N2O3S. The average molecular weight is 172 g/mol. The van der Waals surface area contributed by atoms with Crippen molar-refractivity contribution in [2.45, 2.75) is 0 Å². The number of carbonyl (C=O) groups is 3. The van der Waals surface area contributed by atoms with Gasteiger partial charge in [0.15, 0.2) is 11.0 Å². The van der Waals surface area contributed by atoms with Gasteiger partial charge in [-0.25, -0.2) is 0 Å². The van der Waals surface area contributed by atoms with Gasteiger partial charge >= 0.3 is 0 Å². The van der Waals surface area contributed by atoms with Crippen LogP contribution in [-0.2, 0) is 14.4 Å². The van der Waals surface area contributed by atoms with Crippen LogP contribution in [0.3, 0.4) is 0 Å². The summed E-state index contributed by atoms with van der Waals surface area (Å²) in [4.78, 5) is 31.6. The molecule has 0 aliphatic carbocycles. The summed E-state index contributed by atoms with van der Waals surface area (Å²) in [7, 11) is 0. The monoisotopic (exact) mass is 172 g/mol. The van der Waals surface area contributed by atoms with Gasteiger partial charge in [-0.1, -0.05) is 0 Å². The maximum absolute atomic E-state index is 10.8. The molecule has 5 nitrogen and oxygen atoms in total. The maximum atomic E-state index is 10.8. The van der Waals surface area contributed by atoms with Gasteiger partial charge in [0.05, 0.1) is 0 Å². The Labute approximate surface area is 67.1 Å². The van der Waals surface area contributed by atoms with Crippen molar-refractivity contribution in [3.8, 4) is 0 Å². The SMILES string of the molecule is O=CC1C(=O)NC(=S)NC1=O. The van der Waals surface area contributed by atoms with Crippen molar-refractivity contribution in [3.63, 3.8) is 0 Å². The lowest BCUT2D eigenvalue weighted by atomic mass is 10.1. The molecule has 1 saturated heterocycles. The van der Waals surface area contributed by atoms with Crippen LogP contribution in [-0.4, -0.2) is 23.2 Å². The molecule has 0 saturated carbocycles. The van der Waals surface area contributed by atoms with Crippen LogP contribution in [0, 0.1) is 5.92 Å². The molecule has 2 N–H and O–H groups in total. The third-order valence-corrected chi connectivity index (χ3v) is 1.38. The zero-order valence-electron chi connectivity index (χ0n) is 5.29. The van der Waals surface area contributed by atoms with Gasteiger partial charge in [-0.15, -0.1) is 0 Å². The van der Waals surface area contributed by atoms with Crippen LogP contribution < -0.4 is 10.6 Å². The molecule has 1 heterocycles. The first-order valence-electron chi connectivity index (χ1n) is 2.76. The molecular weight excluding hydrogens is 168 g/mol. The first-order valence-corrected chi connectivity index (χ1v) is 3.17. The molecule has 1 fully saturated rings. The van der Waals surface area contributed by atoms with E-state index in [-0.39, 0.29) is 11.4 Å². The number of hydrogen-bond donors (Lipinski definition) is 2. The van der Waals surface area contributed by atoms with Crippen molar-refractivity contribution in [2.75, 3.05) is 0 Å². The lowest BCUT2D eigenvalue weighted by Gasteiger charge is -2.17. The van der Waals surface area contributed by atoms with E-state index in [1.54, 1.807) is 0 Å². The van der Waals surface area contributed by atoms with Crippen LogP contribution in [0.1, 0.15) is 0 Å². The zero-order chi connectivity index (χ0) is 8.43. The van der Waals surface area contributed by atoms with Crippen LogP contribution in [0.5, 0.6) is 0 Å². The maximum Gasteiger partial charge on any atom is 0.246 e. The fraction of sp³-hybridized carbons (Fsp3) is 0.200. The van der Waals surface area contributed by atoms with E-state index in [1.807, 2.05) is 0 Å². The second-order valence-corrected chi connectivity index (χ2v) is 2.33. The van der Waals surface area contributed by atoms with Crippen molar-refractivity contribution < 1.29 is 14.4 Å². The first kappa shape index (κ1) is 7.80. The Kier molecular flexibility index (Phi) is 1.95. The molecule has 1 aliphatic heterocycles. The predicted molar refractivity (Wildman–Crippen MR) is 38.4 cm³/mol. The van der Waals surface area contributed by atoms with E-state index in [2.05, 4.69) is 22.9 Å². The Balaban J connectivity index is 2.82. The summed E-state index contributed by atoms with van der Waals surface area (Å²) in [6.45, 7) is 0. The molecule has 0 aromatic carbocycles. The molecule has 0 aromatic heterocycles. The fourth-order valence-corrected chi connectivity index (χ4v) is 0.854. The number of nitrogens with one attached hydrogen (secondary N) is 2. The quantitative estimate of drug-likeness (QED) is 0.282. The van der Waals surface area contributed by atoms with Crippen molar-refractivity contribution in [1.29, 1.82) is 0 Å². The van der Waals surface area contributed by atoms with E-state index in [0.717, 1.165) is 0 Å². The van der Waals surface area contributed by atoms with Gasteiger partial charge in [-0.3, -0.25) is 9.59 Å². The average Bonchev–Trinajstić information content (AvgIpc) is 1.85. The number of amides is 2. The van der Waals surface area contributed by atoms with Gasteiger partial charge in [-0.2, -0.15) is 0 Å². The van der Waals surface area contributed by atoms with Gasteiger partial charge in [-0.05, 0) is 12.2 Å². The molecule has 11 heavy (non-hydrogen) atoms.